The van der Waals surface area contributed by atoms with Crippen LogP contribution in [0.1, 0.15) is 51.1 Å². The van der Waals surface area contributed by atoms with E-state index in [1.54, 1.807) is 0 Å². The van der Waals surface area contributed by atoms with Crippen LogP contribution in [0.5, 0.6) is 0 Å². The van der Waals surface area contributed by atoms with Crippen molar-refractivity contribution in [1.29, 1.82) is 0 Å². The highest BCUT2D eigenvalue weighted by Gasteiger charge is 2.33. The predicted molar refractivity (Wildman–Crippen MR) is 97.0 cm³/mol. The second-order valence-electron chi connectivity index (χ2n) is 7.56. The summed E-state index contributed by atoms with van der Waals surface area (Å²) in [5.41, 5.74) is -0.672. The van der Waals surface area contributed by atoms with Gasteiger partial charge in [-0.3, -0.25) is 5.32 Å². The fourth-order valence-corrected chi connectivity index (χ4v) is 3.94. The number of fused-ring (bicyclic) bond motifs is 1. The van der Waals surface area contributed by atoms with Crippen molar-refractivity contribution in [3.8, 4) is 0 Å². The van der Waals surface area contributed by atoms with Crippen LogP contribution in [0.4, 0.5) is 9.93 Å². The molecule has 140 valence electrons. The fourth-order valence-electron chi connectivity index (χ4n) is 2.85. The molecule has 4 N–H and O–H groups in total. The van der Waals surface area contributed by atoms with Crippen molar-refractivity contribution in [3.05, 3.63) is 10.6 Å². The van der Waals surface area contributed by atoms with E-state index < -0.39 is 17.6 Å². The Balaban J connectivity index is 1.96. The fraction of sp³-hybridized carbons (Fsp3) is 0.706. The number of carbonyl (C=O) groups is 2. The molecule has 1 aliphatic carbocycles. The molecule has 0 fully saturated rings. The molecule has 2 atom stereocenters. The molecule has 0 aliphatic heterocycles. The van der Waals surface area contributed by atoms with Crippen LogP contribution in [-0.2, 0) is 17.6 Å². The average Bonchev–Trinajstić information content (AvgIpc) is 2.94. The number of aliphatic hydroxyl groups is 1. The molecule has 0 bridgehead atoms. The van der Waals surface area contributed by atoms with Gasteiger partial charge in [0.2, 0.25) is 0 Å². The van der Waals surface area contributed by atoms with Gasteiger partial charge in [-0.15, -0.1) is 11.3 Å². The van der Waals surface area contributed by atoms with E-state index in [2.05, 4.69) is 36.4 Å². The summed E-state index contributed by atoms with van der Waals surface area (Å²) in [5.74, 6) is -0.778. The molecular formula is C17H27N3O4S. The van der Waals surface area contributed by atoms with E-state index in [0.717, 1.165) is 38.3 Å². The second kappa shape index (κ2) is 7.29. The molecule has 1 heterocycles. The summed E-state index contributed by atoms with van der Waals surface area (Å²) in [5, 5.41) is 23.9. The zero-order valence-electron chi connectivity index (χ0n) is 15.2. The largest absolute Gasteiger partial charge is 0.479 e. The summed E-state index contributed by atoms with van der Waals surface area (Å²) < 4.78 is 0. The van der Waals surface area contributed by atoms with Gasteiger partial charge in [0.15, 0.2) is 10.7 Å². The number of carboxylic acids is 1. The second-order valence-corrected chi connectivity index (χ2v) is 8.64. The molecule has 2 unspecified atom stereocenters. The topological polar surface area (TPSA) is 112 Å². The monoisotopic (exact) mass is 369 g/mol. The van der Waals surface area contributed by atoms with Crippen molar-refractivity contribution in [1.82, 2.24) is 10.3 Å². The molecule has 1 aromatic rings. The Kier molecular flexibility index (Phi) is 5.73. The normalized spacial score (nSPS) is 19.6. The first-order chi connectivity index (χ1) is 11.5. The number of aliphatic carboxylic acids is 1. The highest BCUT2D eigenvalue weighted by Crippen LogP contribution is 2.41. The van der Waals surface area contributed by atoms with Gasteiger partial charge in [-0.05, 0) is 37.5 Å². The van der Waals surface area contributed by atoms with Crippen LogP contribution in [0, 0.1) is 11.3 Å². The van der Waals surface area contributed by atoms with Gasteiger partial charge >= 0.3 is 12.0 Å². The van der Waals surface area contributed by atoms with E-state index in [-0.39, 0.29) is 12.0 Å². The number of amides is 2. The minimum atomic E-state index is -2.00. The van der Waals surface area contributed by atoms with Gasteiger partial charge in [0, 0.05) is 4.88 Å². The quantitative estimate of drug-likeness (QED) is 0.616. The van der Waals surface area contributed by atoms with Crippen molar-refractivity contribution in [3.63, 3.8) is 0 Å². The molecule has 0 aromatic carbocycles. The molecule has 1 aromatic heterocycles. The standard InChI is InChI=1S/C17H27N3O4S/c1-5-16(2,3)10-6-7-11-12(8-10)25-15(19-11)20-14(23)18-9-17(4,24)13(21)22/h10,24H,5-9H2,1-4H3,(H,21,22)(H2,18,19,20,23). The Labute approximate surface area is 151 Å². The molecule has 2 rings (SSSR count). The summed E-state index contributed by atoms with van der Waals surface area (Å²) in [6.45, 7) is 7.56. The van der Waals surface area contributed by atoms with Gasteiger partial charge in [-0.1, -0.05) is 27.2 Å². The molecule has 0 radical (unpaired) electrons. The summed E-state index contributed by atoms with van der Waals surface area (Å²) in [6, 6.07) is -0.571. The number of carboxylic acid groups (broad SMARTS) is 1. The Morgan fingerprint density at radius 1 is 1.36 bits per heavy atom. The van der Waals surface area contributed by atoms with E-state index in [9.17, 15) is 14.7 Å². The third kappa shape index (κ3) is 4.70. The maximum atomic E-state index is 11.9. The Morgan fingerprint density at radius 2 is 2.04 bits per heavy atom. The molecule has 1 aliphatic rings. The van der Waals surface area contributed by atoms with Crippen LogP contribution in [-0.4, -0.2) is 39.3 Å². The highest BCUT2D eigenvalue weighted by molar-refractivity contribution is 7.15. The lowest BCUT2D eigenvalue weighted by Gasteiger charge is -2.35. The molecular weight excluding hydrogens is 342 g/mol. The number of aryl methyl sites for hydroxylation is 1. The third-order valence-electron chi connectivity index (χ3n) is 5.23. The maximum absolute atomic E-state index is 11.9. The molecule has 25 heavy (non-hydrogen) atoms. The van der Waals surface area contributed by atoms with Gasteiger partial charge in [-0.25, -0.2) is 14.6 Å². The van der Waals surface area contributed by atoms with Crippen molar-refractivity contribution in [2.75, 3.05) is 11.9 Å². The number of hydrogen-bond acceptors (Lipinski definition) is 5. The number of nitrogens with one attached hydrogen (secondary N) is 2. The van der Waals surface area contributed by atoms with Crippen LogP contribution in [0.2, 0.25) is 0 Å². The minimum Gasteiger partial charge on any atom is -0.479 e. The average molecular weight is 369 g/mol. The zero-order valence-corrected chi connectivity index (χ0v) is 16.0. The molecule has 0 saturated carbocycles. The zero-order chi connectivity index (χ0) is 18.8. The van der Waals surface area contributed by atoms with Crippen molar-refractivity contribution in [2.24, 2.45) is 11.3 Å². The molecule has 0 saturated heterocycles. The van der Waals surface area contributed by atoms with Crippen LogP contribution in [0.15, 0.2) is 0 Å². The summed E-state index contributed by atoms with van der Waals surface area (Å²) in [4.78, 5) is 28.4. The Bertz CT molecular complexity index is 654. The number of urea groups is 1. The summed E-state index contributed by atoms with van der Waals surface area (Å²) in [6.07, 6.45) is 4.12. The third-order valence-corrected chi connectivity index (χ3v) is 6.27. The van der Waals surface area contributed by atoms with E-state index in [1.165, 1.54) is 16.2 Å². The van der Waals surface area contributed by atoms with Crippen molar-refractivity contribution in [2.45, 2.75) is 59.0 Å². The van der Waals surface area contributed by atoms with Gasteiger partial charge < -0.3 is 15.5 Å². The van der Waals surface area contributed by atoms with Gasteiger partial charge in [-0.2, -0.15) is 0 Å². The van der Waals surface area contributed by atoms with E-state index in [0.29, 0.717) is 11.0 Å². The number of nitrogens with zero attached hydrogens (tertiary/aromatic N) is 1. The maximum Gasteiger partial charge on any atom is 0.337 e. The Morgan fingerprint density at radius 3 is 2.64 bits per heavy atom. The molecule has 8 heteroatoms. The lowest BCUT2D eigenvalue weighted by Crippen LogP contribution is -2.47. The lowest BCUT2D eigenvalue weighted by molar-refractivity contribution is -0.155. The van der Waals surface area contributed by atoms with E-state index in [1.807, 2.05) is 0 Å². The molecule has 0 spiro atoms. The SMILES string of the molecule is CCC(C)(C)C1CCc2nc(NC(=O)NCC(C)(O)C(=O)O)sc2C1. The number of carbonyl (C=O) groups excluding carboxylic acids is 1. The van der Waals surface area contributed by atoms with Crippen LogP contribution < -0.4 is 10.6 Å². The number of hydrogen-bond donors (Lipinski definition) is 4. The van der Waals surface area contributed by atoms with Crippen molar-refractivity contribution >= 4 is 28.5 Å². The highest BCUT2D eigenvalue weighted by atomic mass is 32.1. The van der Waals surface area contributed by atoms with E-state index in [4.69, 9.17) is 5.11 Å². The number of rotatable bonds is 6. The van der Waals surface area contributed by atoms with Crippen molar-refractivity contribution < 1.29 is 19.8 Å². The van der Waals surface area contributed by atoms with Crippen LogP contribution in [0.25, 0.3) is 0 Å². The number of anilines is 1. The van der Waals surface area contributed by atoms with E-state index >= 15 is 0 Å². The summed E-state index contributed by atoms with van der Waals surface area (Å²) in [7, 11) is 0. The molecule has 7 nitrogen and oxygen atoms in total. The molecule has 2 amide bonds. The minimum absolute atomic E-state index is 0.287. The van der Waals surface area contributed by atoms with Gasteiger partial charge in [0.25, 0.3) is 0 Å². The number of thiazole rings is 1. The number of aromatic nitrogens is 1. The first kappa shape index (κ1) is 19.7. The van der Waals surface area contributed by atoms with Crippen LogP contribution in [0.3, 0.4) is 0 Å². The predicted octanol–water partition coefficient (Wildman–Crippen LogP) is 2.64. The first-order valence-corrected chi connectivity index (χ1v) is 9.36. The first-order valence-electron chi connectivity index (χ1n) is 8.54. The summed E-state index contributed by atoms with van der Waals surface area (Å²) >= 11 is 1.47. The van der Waals surface area contributed by atoms with Crippen LogP contribution >= 0.6 is 11.3 Å². The smallest absolute Gasteiger partial charge is 0.337 e. The Hall–Kier alpha value is -1.67. The van der Waals surface area contributed by atoms with Gasteiger partial charge in [0.1, 0.15) is 0 Å². The lowest BCUT2D eigenvalue weighted by atomic mass is 9.70. The van der Waals surface area contributed by atoms with Gasteiger partial charge in [0.05, 0.1) is 12.2 Å².